The zero-order valence-electron chi connectivity index (χ0n) is 17.6. The number of carbonyl (C=O) groups excluding carboxylic acids is 1. The molecule has 2 fully saturated rings. The molecule has 2 aliphatic carbocycles. The summed E-state index contributed by atoms with van der Waals surface area (Å²) in [4.78, 5) is 12.5. The van der Waals surface area contributed by atoms with E-state index in [1.54, 1.807) is 0 Å². The molecule has 0 bridgehead atoms. The highest BCUT2D eigenvalue weighted by molar-refractivity contribution is 5.72. The van der Waals surface area contributed by atoms with Gasteiger partial charge in [0.25, 0.3) is 0 Å². The van der Waals surface area contributed by atoms with Gasteiger partial charge in [-0.05, 0) is 63.2 Å². The first-order valence-corrected chi connectivity index (χ1v) is 11.9. The topological polar surface area (TPSA) is 26.3 Å². The van der Waals surface area contributed by atoms with Gasteiger partial charge in [-0.2, -0.15) is 0 Å². The predicted molar refractivity (Wildman–Crippen MR) is 110 cm³/mol. The van der Waals surface area contributed by atoms with E-state index in [9.17, 15) is 4.79 Å². The quantitative estimate of drug-likeness (QED) is 0.281. The summed E-state index contributed by atoms with van der Waals surface area (Å²) in [5, 5.41) is 0. The van der Waals surface area contributed by atoms with Crippen molar-refractivity contribution in [3.8, 4) is 0 Å². The Kier molecular flexibility index (Phi) is 10.7. The van der Waals surface area contributed by atoms with E-state index in [-0.39, 0.29) is 18.0 Å². The summed E-state index contributed by atoms with van der Waals surface area (Å²) in [5.74, 6) is 2.06. The van der Waals surface area contributed by atoms with Crippen LogP contribution in [0.25, 0.3) is 0 Å². The first-order valence-electron chi connectivity index (χ1n) is 11.9. The molecule has 2 aliphatic rings. The van der Waals surface area contributed by atoms with Crippen LogP contribution in [0.5, 0.6) is 0 Å². The van der Waals surface area contributed by atoms with Crippen molar-refractivity contribution in [2.24, 2.45) is 17.8 Å². The molecule has 2 rings (SSSR count). The van der Waals surface area contributed by atoms with Crippen LogP contribution in [0.15, 0.2) is 0 Å². The fourth-order valence-corrected chi connectivity index (χ4v) is 5.00. The Morgan fingerprint density at radius 1 is 0.731 bits per heavy atom. The minimum Gasteiger partial charge on any atom is -0.462 e. The average Bonchev–Trinajstić information content (AvgIpc) is 2.68. The van der Waals surface area contributed by atoms with Gasteiger partial charge < -0.3 is 4.74 Å². The number of hydrogen-bond acceptors (Lipinski definition) is 2. The molecule has 0 spiro atoms. The second-order valence-electron chi connectivity index (χ2n) is 9.12. The molecular weight excluding hydrogens is 320 g/mol. The van der Waals surface area contributed by atoms with Crippen LogP contribution in [0, 0.1) is 17.8 Å². The van der Waals surface area contributed by atoms with E-state index in [2.05, 4.69) is 13.8 Å². The lowest BCUT2D eigenvalue weighted by molar-refractivity contribution is -0.157. The number of hydrogen-bond donors (Lipinski definition) is 0. The molecule has 26 heavy (non-hydrogen) atoms. The molecule has 0 atom stereocenters. The third kappa shape index (κ3) is 8.01. The maximum absolute atomic E-state index is 12.5. The molecular formula is C24H44O2. The normalized spacial score (nSPS) is 29.5. The van der Waals surface area contributed by atoms with Gasteiger partial charge in [-0.15, -0.1) is 0 Å². The highest BCUT2D eigenvalue weighted by atomic mass is 16.5. The molecule has 0 aromatic carbocycles. The minimum atomic E-state index is 0.124. The molecule has 2 heteroatoms. The van der Waals surface area contributed by atoms with Gasteiger partial charge in [-0.25, -0.2) is 0 Å². The number of carbonyl (C=O) groups is 1. The van der Waals surface area contributed by atoms with Crippen molar-refractivity contribution < 1.29 is 9.53 Å². The third-order valence-corrected chi connectivity index (χ3v) is 7.05. The lowest BCUT2D eigenvalue weighted by Crippen LogP contribution is -2.30. The fraction of sp³-hybridized carbons (Fsp3) is 0.958. The fourth-order valence-electron chi connectivity index (χ4n) is 5.00. The standard InChI is InChI=1S/C24H44O2/c1-3-5-6-7-8-9-10-11-21-12-16-22(17-13-21)24(25)26-23-18-14-20(4-2)15-19-23/h20-23H,3-19H2,1-2H3. The molecule has 0 saturated heterocycles. The van der Waals surface area contributed by atoms with Gasteiger partial charge in [-0.3, -0.25) is 4.79 Å². The molecule has 0 unspecified atom stereocenters. The summed E-state index contributed by atoms with van der Waals surface area (Å²) in [5.41, 5.74) is 0. The van der Waals surface area contributed by atoms with Crippen molar-refractivity contribution in [3.63, 3.8) is 0 Å². The Labute approximate surface area is 162 Å². The molecule has 0 amide bonds. The number of esters is 1. The van der Waals surface area contributed by atoms with E-state index in [1.807, 2.05) is 0 Å². The molecule has 2 saturated carbocycles. The van der Waals surface area contributed by atoms with Crippen molar-refractivity contribution in [2.45, 2.75) is 129 Å². The van der Waals surface area contributed by atoms with E-state index in [1.165, 1.54) is 83.5 Å². The van der Waals surface area contributed by atoms with Gasteiger partial charge in [0.05, 0.1) is 5.92 Å². The number of ether oxygens (including phenoxy) is 1. The zero-order valence-corrected chi connectivity index (χ0v) is 17.6. The zero-order chi connectivity index (χ0) is 18.6. The lowest BCUT2D eigenvalue weighted by atomic mass is 9.79. The molecule has 0 aliphatic heterocycles. The third-order valence-electron chi connectivity index (χ3n) is 7.05. The van der Waals surface area contributed by atoms with Crippen LogP contribution >= 0.6 is 0 Å². The van der Waals surface area contributed by atoms with Gasteiger partial charge in [-0.1, -0.05) is 71.6 Å². The van der Waals surface area contributed by atoms with Crippen LogP contribution in [0.2, 0.25) is 0 Å². The Morgan fingerprint density at radius 3 is 1.92 bits per heavy atom. The Morgan fingerprint density at radius 2 is 1.31 bits per heavy atom. The van der Waals surface area contributed by atoms with E-state index in [0.717, 1.165) is 37.5 Å². The number of rotatable bonds is 11. The summed E-state index contributed by atoms with van der Waals surface area (Å²) in [7, 11) is 0. The van der Waals surface area contributed by atoms with Gasteiger partial charge in [0.15, 0.2) is 0 Å². The number of unbranched alkanes of at least 4 members (excludes halogenated alkanes) is 6. The molecule has 0 radical (unpaired) electrons. The SMILES string of the molecule is CCCCCCCCCC1CCC(C(=O)OC2CCC(CC)CC2)CC1. The summed E-state index contributed by atoms with van der Waals surface area (Å²) in [6.07, 6.45) is 22.0. The predicted octanol–water partition coefficient (Wildman–Crippen LogP) is 7.45. The largest absolute Gasteiger partial charge is 0.462 e. The van der Waals surface area contributed by atoms with Crippen LogP contribution in [0.3, 0.4) is 0 Å². The van der Waals surface area contributed by atoms with Gasteiger partial charge in [0.2, 0.25) is 0 Å². The Balaban J connectivity index is 1.51. The highest BCUT2D eigenvalue weighted by Crippen LogP contribution is 2.34. The highest BCUT2D eigenvalue weighted by Gasteiger charge is 2.30. The van der Waals surface area contributed by atoms with Crippen LogP contribution < -0.4 is 0 Å². The van der Waals surface area contributed by atoms with Gasteiger partial charge >= 0.3 is 5.97 Å². The molecule has 0 N–H and O–H groups in total. The average molecular weight is 365 g/mol. The van der Waals surface area contributed by atoms with Crippen molar-refractivity contribution >= 4 is 5.97 Å². The van der Waals surface area contributed by atoms with E-state index < -0.39 is 0 Å². The van der Waals surface area contributed by atoms with Crippen LogP contribution in [-0.4, -0.2) is 12.1 Å². The van der Waals surface area contributed by atoms with Gasteiger partial charge in [0, 0.05) is 0 Å². The van der Waals surface area contributed by atoms with Crippen molar-refractivity contribution in [1.29, 1.82) is 0 Å². The molecule has 152 valence electrons. The molecule has 0 aromatic heterocycles. The van der Waals surface area contributed by atoms with Crippen molar-refractivity contribution in [3.05, 3.63) is 0 Å². The summed E-state index contributed by atoms with van der Waals surface area (Å²) < 4.78 is 5.87. The summed E-state index contributed by atoms with van der Waals surface area (Å²) in [6, 6.07) is 0. The molecule has 0 aromatic rings. The summed E-state index contributed by atoms with van der Waals surface area (Å²) in [6.45, 7) is 4.56. The molecule has 2 nitrogen and oxygen atoms in total. The lowest BCUT2D eigenvalue weighted by Gasteiger charge is -2.31. The maximum Gasteiger partial charge on any atom is 0.309 e. The second kappa shape index (κ2) is 12.8. The maximum atomic E-state index is 12.5. The van der Waals surface area contributed by atoms with Crippen molar-refractivity contribution in [2.75, 3.05) is 0 Å². The van der Waals surface area contributed by atoms with E-state index in [4.69, 9.17) is 4.74 Å². The Bertz CT molecular complexity index is 362. The summed E-state index contributed by atoms with van der Waals surface area (Å²) >= 11 is 0. The van der Waals surface area contributed by atoms with Crippen LogP contribution in [0.4, 0.5) is 0 Å². The van der Waals surface area contributed by atoms with E-state index in [0.29, 0.717) is 0 Å². The second-order valence-corrected chi connectivity index (χ2v) is 9.12. The van der Waals surface area contributed by atoms with E-state index >= 15 is 0 Å². The smallest absolute Gasteiger partial charge is 0.309 e. The van der Waals surface area contributed by atoms with Crippen LogP contribution in [0.1, 0.15) is 123 Å². The van der Waals surface area contributed by atoms with Gasteiger partial charge in [0.1, 0.15) is 6.10 Å². The molecule has 0 heterocycles. The minimum absolute atomic E-state index is 0.124. The first kappa shape index (κ1) is 21.8. The monoisotopic (exact) mass is 364 g/mol. The van der Waals surface area contributed by atoms with Crippen LogP contribution in [-0.2, 0) is 9.53 Å². The first-order chi connectivity index (χ1) is 12.7. The Hall–Kier alpha value is -0.530. The van der Waals surface area contributed by atoms with Crippen molar-refractivity contribution in [1.82, 2.24) is 0 Å².